The van der Waals surface area contributed by atoms with Gasteiger partial charge in [-0.3, -0.25) is 0 Å². The fraction of sp³-hybridized carbons (Fsp3) is 0.533. The Labute approximate surface area is 104 Å². The second-order valence-corrected chi connectivity index (χ2v) is 4.75. The molecule has 17 heavy (non-hydrogen) atoms. The highest BCUT2D eigenvalue weighted by molar-refractivity contribution is 5.76. The van der Waals surface area contributed by atoms with E-state index in [2.05, 4.69) is 54.6 Å². The molecule has 2 nitrogen and oxygen atoms in total. The first-order chi connectivity index (χ1) is 8.27. The Hall–Kier alpha value is -1.31. The lowest BCUT2D eigenvalue weighted by atomic mass is 10.1. The third-order valence-electron chi connectivity index (χ3n) is 3.38. The number of aryl methyl sites for hydroxylation is 1. The number of imidazole rings is 1. The minimum absolute atomic E-state index is 0.609. The van der Waals surface area contributed by atoms with Crippen LogP contribution in [0, 0.1) is 6.92 Å². The average molecular weight is 230 g/mol. The molecule has 1 aromatic carbocycles. The number of rotatable bonds is 5. The van der Waals surface area contributed by atoms with E-state index in [0.717, 1.165) is 11.3 Å². The highest BCUT2D eigenvalue weighted by Crippen LogP contribution is 2.27. The largest absolute Gasteiger partial charge is 0.325 e. The van der Waals surface area contributed by atoms with Crippen molar-refractivity contribution in [2.75, 3.05) is 0 Å². The summed E-state index contributed by atoms with van der Waals surface area (Å²) in [6, 6.07) is 9.07. The summed E-state index contributed by atoms with van der Waals surface area (Å²) in [5.41, 5.74) is 2.42. The van der Waals surface area contributed by atoms with Crippen LogP contribution in [-0.4, -0.2) is 9.55 Å². The predicted octanol–water partition coefficient (Wildman–Crippen LogP) is 4.49. The lowest BCUT2D eigenvalue weighted by molar-refractivity contribution is 0.428. The van der Waals surface area contributed by atoms with Gasteiger partial charge in [-0.25, -0.2) is 4.98 Å². The van der Waals surface area contributed by atoms with Crippen molar-refractivity contribution in [1.82, 2.24) is 9.55 Å². The van der Waals surface area contributed by atoms with E-state index in [-0.39, 0.29) is 0 Å². The van der Waals surface area contributed by atoms with Gasteiger partial charge in [-0.2, -0.15) is 0 Å². The maximum atomic E-state index is 4.66. The van der Waals surface area contributed by atoms with E-state index in [0.29, 0.717) is 6.04 Å². The Kier molecular flexibility index (Phi) is 3.82. The van der Waals surface area contributed by atoms with E-state index in [9.17, 15) is 0 Å². The van der Waals surface area contributed by atoms with E-state index in [1.165, 1.54) is 31.2 Å². The Morgan fingerprint density at radius 3 is 2.41 bits per heavy atom. The van der Waals surface area contributed by atoms with Gasteiger partial charge < -0.3 is 4.57 Å². The number of fused-ring (bicyclic) bond motifs is 1. The van der Waals surface area contributed by atoms with Crippen LogP contribution in [0.15, 0.2) is 24.3 Å². The van der Waals surface area contributed by atoms with Crippen molar-refractivity contribution in [3.8, 4) is 0 Å². The molecule has 0 unspecified atom stereocenters. The minimum Gasteiger partial charge on any atom is -0.325 e. The molecule has 0 N–H and O–H groups in total. The first-order valence-corrected chi connectivity index (χ1v) is 6.71. The van der Waals surface area contributed by atoms with Crippen LogP contribution in [0.2, 0.25) is 0 Å². The maximum Gasteiger partial charge on any atom is 0.106 e. The Morgan fingerprint density at radius 1 is 1.12 bits per heavy atom. The molecule has 0 aliphatic rings. The van der Waals surface area contributed by atoms with Crippen LogP contribution < -0.4 is 0 Å². The van der Waals surface area contributed by atoms with Crippen molar-refractivity contribution in [3.05, 3.63) is 30.1 Å². The second kappa shape index (κ2) is 5.35. The van der Waals surface area contributed by atoms with Crippen molar-refractivity contribution in [2.45, 2.75) is 52.5 Å². The normalized spacial score (nSPS) is 11.5. The molecular weight excluding hydrogens is 208 g/mol. The fourth-order valence-electron chi connectivity index (χ4n) is 2.69. The van der Waals surface area contributed by atoms with Gasteiger partial charge in [0.2, 0.25) is 0 Å². The van der Waals surface area contributed by atoms with Gasteiger partial charge >= 0.3 is 0 Å². The van der Waals surface area contributed by atoms with Crippen molar-refractivity contribution in [3.63, 3.8) is 0 Å². The van der Waals surface area contributed by atoms with Gasteiger partial charge in [0.1, 0.15) is 5.82 Å². The molecule has 2 rings (SSSR count). The molecule has 0 saturated heterocycles. The van der Waals surface area contributed by atoms with Crippen molar-refractivity contribution < 1.29 is 0 Å². The minimum atomic E-state index is 0.609. The van der Waals surface area contributed by atoms with Gasteiger partial charge in [-0.05, 0) is 31.9 Å². The quantitative estimate of drug-likeness (QED) is 0.740. The molecule has 0 amide bonds. The molecule has 0 bridgehead atoms. The van der Waals surface area contributed by atoms with Crippen LogP contribution in [0.25, 0.3) is 11.0 Å². The number of benzene rings is 1. The van der Waals surface area contributed by atoms with Crippen LogP contribution >= 0.6 is 0 Å². The van der Waals surface area contributed by atoms with Gasteiger partial charge in [0.25, 0.3) is 0 Å². The molecule has 0 saturated carbocycles. The molecule has 0 radical (unpaired) electrons. The van der Waals surface area contributed by atoms with Crippen LogP contribution in [0.4, 0.5) is 0 Å². The Bertz CT molecular complexity index is 479. The van der Waals surface area contributed by atoms with Crippen LogP contribution in [0.1, 0.15) is 51.4 Å². The molecule has 0 atom stereocenters. The summed E-state index contributed by atoms with van der Waals surface area (Å²) in [4.78, 5) is 4.66. The SMILES string of the molecule is CCCC(CCC)n1c(C)nc2ccccc21. The zero-order chi connectivity index (χ0) is 12.3. The zero-order valence-corrected chi connectivity index (χ0v) is 11.1. The number of hydrogen-bond acceptors (Lipinski definition) is 1. The molecule has 2 aromatic rings. The standard InChI is InChI=1S/C15H22N2/c1-4-8-13(9-5-2)17-12(3)16-14-10-6-7-11-15(14)17/h6-7,10-11,13H,4-5,8-9H2,1-3H3. The molecule has 2 heteroatoms. The van der Waals surface area contributed by atoms with Crippen LogP contribution in [-0.2, 0) is 0 Å². The van der Waals surface area contributed by atoms with Crippen LogP contribution in [0.3, 0.4) is 0 Å². The molecule has 1 heterocycles. The third-order valence-corrected chi connectivity index (χ3v) is 3.38. The average Bonchev–Trinajstić information content (AvgIpc) is 2.64. The van der Waals surface area contributed by atoms with Gasteiger partial charge in [-0.15, -0.1) is 0 Å². The molecule has 0 aliphatic heterocycles. The second-order valence-electron chi connectivity index (χ2n) is 4.75. The Balaban J connectivity index is 2.47. The third kappa shape index (κ3) is 2.36. The van der Waals surface area contributed by atoms with Gasteiger partial charge in [0.15, 0.2) is 0 Å². The summed E-state index contributed by atoms with van der Waals surface area (Å²) in [7, 11) is 0. The zero-order valence-electron chi connectivity index (χ0n) is 11.1. The maximum absolute atomic E-state index is 4.66. The molecular formula is C15H22N2. The lowest BCUT2D eigenvalue weighted by Gasteiger charge is -2.20. The topological polar surface area (TPSA) is 17.8 Å². The molecule has 0 spiro atoms. The summed E-state index contributed by atoms with van der Waals surface area (Å²) in [6.07, 6.45) is 4.96. The molecule has 1 aromatic heterocycles. The van der Waals surface area contributed by atoms with Crippen molar-refractivity contribution >= 4 is 11.0 Å². The van der Waals surface area contributed by atoms with Gasteiger partial charge in [-0.1, -0.05) is 38.8 Å². The Morgan fingerprint density at radius 2 is 1.76 bits per heavy atom. The van der Waals surface area contributed by atoms with Crippen molar-refractivity contribution in [2.24, 2.45) is 0 Å². The highest BCUT2D eigenvalue weighted by Gasteiger charge is 2.15. The van der Waals surface area contributed by atoms with E-state index >= 15 is 0 Å². The van der Waals surface area contributed by atoms with Gasteiger partial charge in [0.05, 0.1) is 11.0 Å². The van der Waals surface area contributed by atoms with E-state index in [1.807, 2.05) is 0 Å². The summed E-state index contributed by atoms with van der Waals surface area (Å²) >= 11 is 0. The summed E-state index contributed by atoms with van der Waals surface area (Å²) in [5, 5.41) is 0. The molecule has 0 fully saturated rings. The highest BCUT2D eigenvalue weighted by atomic mass is 15.1. The fourth-order valence-corrected chi connectivity index (χ4v) is 2.69. The van der Waals surface area contributed by atoms with Crippen LogP contribution in [0.5, 0.6) is 0 Å². The molecule has 92 valence electrons. The van der Waals surface area contributed by atoms with Crippen molar-refractivity contribution in [1.29, 1.82) is 0 Å². The van der Waals surface area contributed by atoms with E-state index in [1.54, 1.807) is 0 Å². The lowest BCUT2D eigenvalue weighted by Crippen LogP contribution is -2.10. The van der Waals surface area contributed by atoms with E-state index in [4.69, 9.17) is 0 Å². The first-order valence-electron chi connectivity index (χ1n) is 6.71. The summed E-state index contributed by atoms with van der Waals surface area (Å²) in [6.45, 7) is 6.65. The molecule has 0 aliphatic carbocycles. The number of nitrogens with zero attached hydrogens (tertiary/aromatic N) is 2. The first kappa shape index (κ1) is 12.2. The van der Waals surface area contributed by atoms with Gasteiger partial charge in [0, 0.05) is 6.04 Å². The number of para-hydroxylation sites is 2. The smallest absolute Gasteiger partial charge is 0.106 e. The van der Waals surface area contributed by atoms with E-state index < -0.39 is 0 Å². The predicted molar refractivity (Wildman–Crippen MR) is 73.3 cm³/mol. The monoisotopic (exact) mass is 230 g/mol. The summed E-state index contributed by atoms with van der Waals surface area (Å²) < 4.78 is 2.43. The summed E-state index contributed by atoms with van der Waals surface area (Å²) in [5.74, 6) is 1.15. The number of hydrogen-bond donors (Lipinski definition) is 0. The number of aromatic nitrogens is 2.